The average molecular weight is 319 g/mol. The number of anilines is 1. The Morgan fingerprint density at radius 1 is 0.955 bits per heavy atom. The lowest BCUT2D eigenvalue weighted by Gasteiger charge is -2.26. The molecule has 0 aliphatic carbocycles. The molecule has 118 valence electrons. The zero-order valence-electron chi connectivity index (χ0n) is 12.9. The largest absolute Gasteiger partial charge is 0.372 e. The number of hydrogen-bond acceptors (Lipinski definition) is 4. The van der Waals surface area contributed by atoms with Crippen molar-refractivity contribution in [3.05, 3.63) is 66.2 Å². The van der Waals surface area contributed by atoms with E-state index in [1.165, 1.54) is 19.8 Å². The molecule has 0 spiro atoms. The predicted molar refractivity (Wildman–Crippen MR) is 90.2 cm³/mol. The van der Waals surface area contributed by atoms with Crippen molar-refractivity contribution in [3.63, 3.8) is 0 Å². The van der Waals surface area contributed by atoms with E-state index >= 15 is 0 Å². The third-order valence-electron chi connectivity index (χ3n) is 3.55. The lowest BCUT2D eigenvalue weighted by atomic mass is 10.1. The molecule has 1 atom stereocenters. The average Bonchev–Trinajstić information content (AvgIpc) is 2.59. The quantitative estimate of drug-likeness (QED) is 0.726. The second-order valence-corrected chi connectivity index (χ2v) is 7.39. The van der Waals surface area contributed by atoms with Crippen molar-refractivity contribution in [2.75, 3.05) is 19.5 Å². The molecule has 0 heterocycles. The summed E-state index contributed by atoms with van der Waals surface area (Å²) in [5.74, 6) is -0.398. The van der Waals surface area contributed by atoms with E-state index in [2.05, 4.69) is 17.4 Å². The molecule has 2 aromatic carbocycles. The molecular formula is C17H22NO3P. The molecule has 0 fully saturated rings. The third kappa shape index (κ3) is 4.44. The summed E-state index contributed by atoms with van der Waals surface area (Å²) in [6, 6.07) is 19.8. The molecule has 2 rings (SSSR count). The first-order chi connectivity index (χ1) is 10.7. The van der Waals surface area contributed by atoms with Crippen LogP contribution >= 0.6 is 7.60 Å². The summed E-state index contributed by atoms with van der Waals surface area (Å²) in [5, 5.41) is 3.28. The highest BCUT2D eigenvalue weighted by atomic mass is 31.2. The molecule has 0 amide bonds. The van der Waals surface area contributed by atoms with Crippen LogP contribution in [0.4, 0.5) is 5.69 Å². The van der Waals surface area contributed by atoms with Gasteiger partial charge in [0.1, 0.15) is 5.78 Å². The van der Waals surface area contributed by atoms with Crippen molar-refractivity contribution >= 4 is 13.3 Å². The number of benzene rings is 2. The first-order valence-corrected chi connectivity index (χ1v) is 8.86. The molecule has 1 unspecified atom stereocenters. The van der Waals surface area contributed by atoms with Gasteiger partial charge in [-0.15, -0.1) is 0 Å². The molecule has 0 aliphatic rings. The highest BCUT2D eigenvalue weighted by Gasteiger charge is 2.33. The summed E-state index contributed by atoms with van der Waals surface area (Å²) in [6.45, 7) is 0. The van der Waals surface area contributed by atoms with Crippen LogP contribution in [-0.2, 0) is 20.0 Å². The van der Waals surface area contributed by atoms with E-state index in [1.807, 2.05) is 48.5 Å². The van der Waals surface area contributed by atoms with Gasteiger partial charge < -0.3 is 14.4 Å². The topological polar surface area (TPSA) is 47.6 Å². The standard InChI is InChI=1S/C17H22NO3P/c1-20-22(19,21-2)17(18-16-11-7-4-8-12-16)14-13-15-9-5-3-6-10-15/h3-12,17-18H,13-14H2,1-2H3. The summed E-state index contributed by atoms with van der Waals surface area (Å²) in [4.78, 5) is 0. The van der Waals surface area contributed by atoms with Crippen molar-refractivity contribution in [2.24, 2.45) is 0 Å². The summed E-state index contributed by atoms with van der Waals surface area (Å²) < 4.78 is 23.1. The molecule has 0 saturated heterocycles. The Labute approximate surface area is 132 Å². The maximum absolute atomic E-state index is 12.8. The van der Waals surface area contributed by atoms with Gasteiger partial charge in [-0.05, 0) is 30.5 Å². The van der Waals surface area contributed by atoms with Crippen LogP contribution in [0.2, 0.25) is 0 Å². The van der Waals surface area contributed by atoms with Crippen molar-refractivity contribution in [3.8, 4) is 0 Å². The Hall–Kier alpha value is -1.61. The molecule has 1 N–H and O–H groups in total. The zero-order valence-corrected chi connectivity index (χ0v) is 13.8. The normalized spacial score (nSPS) is 12.8. The SMILES string of the molecule is COP(=O)(OC)C(CCc1ccccc1)Nc1ccccc1. The van der Waals surface area contributed by atoms with E-state index in [-0.39, 0.29) is 0 Å². The van der Waals surface area contributed by atoms with Gasteiger partial charge >= 0.3 is 7.60 Å². The summed E-state index contributed by atoms with van der Waals surface area (Å²) in [7, 11) is -0.359. The van der Waals surface area contributed by atoms with E-state index in [1.54, 1.807) is 0 Å². The number of aryl methyl sites for hydroxylation is 1. The minimum atomic E-state index is -3.20. The molecule has 5 heteroatoms. The third-order valence-corrected chi connectivity index (χ3v) is 5.72. The second kappa shape index (κ2) is 8.14. The van der Waals surface area contributed by atoms with Crippen LogP contribution in [0, 0.1) is 0 Å². The first-order valence-electron chi connectivity index (χ1n) is 7.24. The molecular weight excluding hydrogens is 297 g/mol. The summed E-state index contributed by atoms with van der Waals surface area (Å²) >= 11 is 0. The van der Waals surface area contributed by atoms with Crippen LogP contribution in [0.3, 0.4) is 0 Å². The van der Waals surface area contributed by atoms with Gasteiger partial charge in [-0.2, -0.15) is 0 Å². The summed E-state index contributed by atoms with van der Waals surface area (Å²) in [5.41, 5.74) is 2.09. The molecule has 4 nitrogen and oxygen atoms in total. The van der Waals surface area contributed by atoms with E-state index in [0.717, 1.165) is 12.1 Å². The molecule has 0 aliphatic heterocycles. The molecule has 22 heavy (non-hydrogen) atoms. The highest BCUT2D eigenvalue weighted by molar-refractivity contribution is 7.54. The number of nitrogens with one attached hydrogen (secondary N) is 1. The lowest BCUT2D eigenvalue weighted by Crippen LogP contribution is -2.22. The first kappa shape index (κ1) is 16.8. The smallest absolute Gasteiger partial charge is 0.352 e. The minimum Gasteiger partial charge on any atom is -0.372 e. The van der Waals surface area contributed by atoms with Crippen LogP contribution in [0.5, 0.6) is 0 Å². The Kier molecular flexibility index (Phi) is 6.20. The fourth-order valence-corrected chi connectivity index (χ4v) is 3.72. The summed E-state index contributed by atoms with van der Waals surface area (Å²) in [6.07, 6.45) is 1.44. The Balaban J connectivity index is 2.13. The van der Waals surface area contributed by atoms with Gasteiger partial charge in [0.05, 0.1) is 0 Å². The Bertz CT molecular complexity index is 596. The van der Waals surface area contributed by atoms with Crippen molar-refractivity contribution in [2.45, 2.75) is 18.6 Å². The zero-order chi connectivity index (χ0) is 15.8. The van der Waals surface area contributed by atoms with Gasteiger partial charge in [-0.1, -0.05) is 48.5 Å². The molecule has 0 aromatic heterocycles. The van der Waals surface area contributed by atoms with Crippen LogP contribution in [-0.4, -0.2) is 20.0 Å². The van der Waals surface area contributed by atoms with Crippen LogP contribution in [0.15, 0.2) is 60.7 Å². The van der Waals surface area contributed by atoms with Crippen molar-refractivity contribution in [1.29, 1.82) is 0 Å². The Morgan fingerprint density at radius 3 is 2.05 bits per heavy atom. The number of para-hydroxylation sites is 1. The van der Waals surface area contributed by atoms with Crippen LogP contribution in [0.1, 0.15) is 12.0 Å². The fraction of sp³-hybridized carbons (Fsp3) is 0.294. The number of hydrogen-bond donors (Lipinski definition) is 1. The van der Waals surface area contributed by atoms with E-state index in [9.17, 15) is 4.57 Å². The van der Waals surface area contributed by atoms with Crippen LogP contribution in [0.25, 0.3) is 0 Å². The minimum absolute atomic E-state index is 0.398. The highest BCUT2D eigenvalue weighted by Crippen LogP contribution is 2.53. The van der Waals surface area contributed by atoms with E-state index in [4.69, 9.17) is 9.05 Å². The predicted octanol–water partition coefficient (Wildman–Crippen LogP) is 4.54. The van der Waals surface area contributed by atoms with Gasteiger partial charge in [0.2, 0.25) is 0 Å². The fourth-order valence-electron chi connectivity index (χ4n) is 2.31. The molecule has 2 aromatic rings. The Morgan fingerprint density at radius 2 is 1.50 bits per heavy atom. The molecule has 0 saturated carbocycles. The van der Waals surface area contributed by atoms with Gasteiger partial charge in [-0.25, -0.2) is 0 Å². The van der Waals surface area contributed by atoms with Gasteiger partial charge in [-0.3, -0.25) is 4.57 Å². The van der Waals surface area contributed by atoms with E-state index in [0.29, 0.717) is 6.42 Å². The van der Waals surface area contributed by atoms with Crippen molar-refractivity contribution in [1.82, 2.24) is 0 Å². The molecule has 0 bridgehead atoms. The lowest BCUT2D eigenvalue weighted by molar-refractivity contribution is 0.266. The number of rotatable bonds is 8. The maximum Gasteiger partial charge on any atom is 0.352 e. The second-order valence-electron chi connectivity index (χ2n) is 4.96. The monoisotopic (exact) mass is 319 g/mol. The van der Waals surface area contributed by atoms with Gasteiger partial charge in [0, 0.05) is 19.9 Å². The van der Waals surface area contributed by atoms with Gasteiger partial charge in [0.25, 0.3) is 0 Å². The van der Waals surface area contributed by atoms with Crippen LogP contribution < -0.4 is 5.32 Å². The van der Waals surface area contributed by atoms with E-state index < -0.39 is 13.4 Å². The maximum atomic E-state index is 12.8. The molecule has 0 radical (unpaired) electrons. The van der Waals surface area contributed by atoms with Crippen molar-refractivity contribution < 1.29 is 13.6 Å². The van der Waals surface area contributed by atoms with Gasteiger partial charge in [0.15, 0.2) is 0 Å².